The molecule has 0 radical (unpaired) electrons. The van der Waals surface area contributed by atoms with Crippen LogP contribution in [0.2, 0.25) is 10.0 Å². The van der Waals surface area contributed by atoms with E-state index in [4.69, 9.17) is 27.9 Å². The zero-order valence-electron chi connectivity index (χ0n) is 16.5. The number of nitrogens with one attached hydrogen (secondary N) is 2. The average molecular weight is 476 g/mol. The van der Waals surface area contributed by atoms with Crippen LogP contribution in [0.3, 0.4) is 0 Å². The van der Waals surface area contributed by atoms with Gasteiger partial charge in [-0.15, -0.1) is 0 Å². The molecule has 3 rings (SSSR count). The molecule has 1 heterocycles. The van der Waals surface area contributed by atoms with Crippen LogP contribution in [0.5, 0.6) is 5.75 Å². The first-order valence-corrected chi connectivity index (χ1v) is 10.9. The van der Waals surface area contributed by atoms with Crippen molar-refractivity contribution in [3.63, 3.8) is 0 Å². The fourth-order valence-electron chi connectivity index (χ4n) is 2.67. The third kappa shape index (κ3) is 6.37. The summed E-state index contributed by atoms with van der Waals surface area (Å²) in [6, 6.07) is 15.6. The Bertz CT molecular complexity index is 1100. The molecule has 6 nitrogen and oxygen atoms in total. The molecule has 0 aliphatic rings. The van der Waals surface area contributed by atoms with E-state index in [1.54, 1.807) is 54.7 Å². The number of pyridine rings is 1. The Hall–Kier alpha value is -2.74. The molecule has 1 aromatic heterocycles. The lowest BCUT2D eigenvalue weighted by Crippen LogP contribution is -2.24. The number of benzene rings is 2. The third-order valence-electron chi connectivity index (χ3n) is 4.17. The van der Waals surface area contributed by atoms with Gasteiger partial charge < -0.3 is 15.4 Å². The first-order chi connectivity index (χ1) is 15.0. The van der Waals surface area contributed by atoms with Gasteiger partial charge in [-0.3, -0.25) is 9.59 Å². The predicted octanol–water partition coefficient (Wildman–Crippen LogP) is 5.06. The van der Waals surface area contributed by atoms with E-state index >= 15 is 0 Å². The molecule has 31 heavy (non-hydrogen) atoms. The molecule has 3 aromatic rings. The normalized spacial score (nSPS) is 10.4. The Labute approximate surface area is 194 Å². The van der Waals surface area contributed by atoms with Gasteiger partial charge in [0.25, 0.3) is 5.91 Å². The number of halogens is 2. The number of rotatable bonds is 8. The van der Waals surface area contributed by atoms with Crippen molar-refractivity contribution in [3.8, 4) is 5.75 Å². The van der Waals surface area contributed by atoms with Crippen LogP contribution in [0, 0.1) is 0 Å². The second-order valence-electron chi connectivity index (χ2n) is 6.32. The lowest BCUT2D eigenvalue weighted by molar-refractivity contribution is -0.113. The zero-order chi connectivity index (χ0) is 22.2. The summed E-state index contributed by atoms with van der Waals surface area (Å²) in [7, 11) is 1.54. The lowest BCUT2D eigenvalue weighted by atomic mass is 10.2. The minimum Gasteiger partial charge on any atom is -0.495 e. The van der Waals surface area contributed by atoms with Gasteiger partial charge in [-0.25, -0.2) is 4.98 Å². The van der Waals surface area contributed by atoms with Gasteiger partial charge in [0.15, 0.2) is 0 Å². The van der Waals surface area contributed by atoms with Crippen LogP contribution in [0.4, 0.5) is 5.69 Å². The number of ether oxygens (including phenoxy) is 1. The Kier molecular flexibility index (Phi) is 8.17. The van der Waals surface area contributed by atoms with Crippen molar-refractivity contribution in [2.45, 2.75) is 11.6 Å². The molecular formula is C22H19Cl2N3O3S. The van der Waals surface area contributed by atoms with Gasteiger partial charge >= 0.3 is 0 Å². The van der Waals surface area contributed by atoms with E-state index in [1.165, 1.54) is 18.9 Å². The molecule has 0 atom stereocenters. The molecule has 9 heteroatoms. The molecule has 0 spiro atoms. The van der Waals surface area contributed by atoms with E-state index in [1.807, 2.05) is 6.07 Å². The van der Waals surface area contributed by atoms with Crippen LogP contribution in [0.15, 0.2) is 65.8 Å². The standard InChI is InChI=1S/C22H19Cl2N3O3S/c1-30-19-7-3-2-6-18(19)27-20(28)13-31-22-15(5-4-10-25-22)21(29)26-12-14-8-9-16(23)17(24)11-14/h2-11H,12-13H2,1H3,(H,26,29)(H,27,28). The molecule has 2 N–H and O–H groups in total. The minimum absolute atomic E-state index is 0.0855. The van der Waals surface area contributed by atoms with Crippen molar-refractivity contribution >= 4 is 52.5 Å². The van der Waals surface area contributed by atoms with Crippen LogP contribution >= 0.6 is 35.0 Å². The minimum atomic E-state index is -0.299. The van der Waals surface area contributed by atoms with E-state index in [0.29, 0.717) is 32.1 Å². The highest BCUT2D eigenvalue weighted by Gasteiger charge is 2.15. The van der Waals surface area contributed by atoms with Crippen LogP contribution in [0.25, 0.3) is 0 Å². The van der Waals surface area contributed by atoms with E-state index in [2.05, 4.69) is 15.6 Å². The topological polar surface area (TPSA) is 80.3 Å². The third-order valence-corrected chi connectivity index (χ3v) is 5.92. The second-order valence-corrected chi connectivity index (χ2v) is 8.10. The molecule has 0 aliphatic heterocycles. The Morgan fingerprint density at radius 1 is 1.06 bits per heavy atom. The van der Waals surface area contributed by atoms with Crippen molar-refractivity contribution < 1.29 is 14.3 Å². The first kappa shape index (κ1) is 22.9. The summed E-state index contributed by atoms with van der Waals surface area (Å²) in [5, 5.41) is 6.97. The molecule has 0 saturated heterocycles. The Balaban J connectivity index is 1.61. The number of aromatic nitrogens is 1. The second kappa shape index (κ2) is 11.0. The highest BCUT2D eigenvalue weighted by atomic mass is 35.5. The number of carbonyl (C=O) groups excluding carboxylic acids is 2. The van der Waals surface area contributed by atoms with Crippen molar-refractivity contribution in [1.82, 2.24) is 10.3 Å². The molecule has 0 bridgehead atoms. The van der Waals surface area contributed by atoms with Gasteiger partial charge in [-0.1, -0.05) is 53.2 Å². The summed E-state index contributed by atoms with van der Waals surface area (Å²) >= 11 is 13.1. The number of amides is 2. The lowest BCUT2D eigenvalue weighted by Gasteiger charge is -2.11. The summed E-state index contributed by atoms with van der Waals surface area (Å²) < 4.78 is 5.23. The molecule has 160 valence electrons. The van der Waals surface area contributed by atoms with Gasteiger partial charge in [0.05, 0.1) is 34.2 Å². The first-order valence-electron chi connectivity index (χ1n) is 9.20. The monoisotopic (exact) mass is 475 g/mol. The Morgan fingerprint density at radius 3 is 2.65 bits per heavy atom. The van der Waals surface area contributed by atoms with Crippen molar-refractivity contribution in [1.29, 1.82) is 0 Å². The maximum absolute atomic E-state index is 12.7. The number of para-hydroxylation sites is 2. The van der Waals surface area contributed by atoms with Crippen LogP contribution in [-0.2, 0) is 11.3 Å². The van der Waals surface area contributed by atoms with Crippen LogP contribution < -0.4 is 15.4 Å². The Morgan fingerprint density at radius 2 is 1.87 bits per heavy atom. The largest absolute Gasteiger partial charge is 0.495 e. The summed E-state index contributed by atoms with van der Waals surface area (Å²) in [5.74, 6) is 0.123. The van der Waals surface area contributed by atoms with Gasteiger partial charge in [0.1, 0.15) is 10.8 Å². The number of hydrogen-bond donors (Lipinski definition) is 2. The number of nitrogens with zero attached hydrogens (tertiary/aromatic N) is 1. The highest BCUT2D eigenvalue weighted by molar-refractivity contribution is 8.00. The SMILES string of the molecule is COc1ccccc1NC(=O)CSc1ncccc1C(=O)NCc1ccc(Cl)c(Cl)c1. The summed E-state index contributed by atoms with van der Waals surface area (Å²) in [6.45, 7) is 0.281. The van der Waals surface area contributed by atoms with E-state index in [0.717, 1.165) is 5.56 Å². The molecule has 0 aliphatic carbocycles. The van der Waals surface area contributed by atoms with Crippen molar-refractivity contribution in [2.75, 3.05) is 18.2 Å². The van der Waals surface area contributed by atoms with E-state index in [9.17, 15) is 9.59 Å². The van der Waals surface area contributed by atoms with Gasteiger partial charge in [-0.05, 0) is 42.0 Å². The number of carbonyl (C=O) groups is 2. The quantitative estimate of drug-likeness (QED) is 0.445. The summed E-state index contributed by atoms with van der Waals surface area (Å²) in [4.78, 5) is 29.3. The molecule has 2 aromatic carbocycles. The molecule has 0 unspecified atom stereocenters. The van der Waals surface area contributed by atoms with E-state index in [-0.39, 0.29) is 24.1 Å². The fourth-order valence-corrected chi connectivity index (χ4v) is 3.79. The van der Waals surface area contributed by atoms with Crippen molar-refractivity contribution in [3.05, 3.63) is 82.0 Å². The maximum atomic E-state index is 12.7. The zero-order valence-corrected chi connectivity index (χ0v) is 18.9. The maximum Gasteiger partial charge on any atom is 0.254 e. The molecular weight excluding hydrogens is 457 g/mol. The van der Waals surface area contributed by atoms with Gasteiger partial charge in [0, 0.05) is 12.7 Å². The predicted molar refractivity (Wildman–Crippen MR) is 124 cm³/mol. The molecule has 2 amide bonds. The summed E-state index contributed by atoms with van der Waals surface area (Å²) in [5.41, 5.74) is 1.78. The van der Waals surface area contributed by atoms with Crippen LogP contribution in [-0.4, -0.2) is 29.7 Å². The van der Waals surface area contributed by atoms with Crippen molar-refractivity contribution in [2.24, 2.45) is 0 Å². The number of thioether (sulfide) groups is 1. The number of hydrogen-bond acceptors (Lipinski definition) is 5. The summed E-state index contributed by atoms with van der Waals surface area (Å²) in [6.07, 6.45) is 1.58. The smallest absolute Gasteiger partial charge is 0.254 e. The van der Waals surface area contributed by atoms with Crippen LogP contribution in [0.1, 0.15) is 15.9 Å². The highest BCUT2D eigenvalue weighted by Crippen LogP contribution is 2.25. The molecule has 0 saturated carbocycles. The van der Waals surface area contributed by atoms with Gasteiger partial charge in [-0.2, -0.15) is 0 Å². The van der Waals surface area contributed by atoms with E-state index < -0.39 is 0 Å². The van der Waals surface area contributed by atoms with Gasteiger partial charge in [0.2, 0.25) is 5.91 Å². The number of anilines is 1. The number of methoxy groups -OCH3 is 1. The fraction of sp³-hybridized carbons (Fsp3) is 0.136. The molecule has 0 fully saturated rings. The average Bonchev–Trinajstić information content (AvgIpc) is 2.79.